The lowest BCUT2D eigenvalue weighted by molar-refractivity contribution is -0.150. The first-order chi connectivity index (χ1) is 12.9. The van der Waals surface area contributed by atoms with Crippen LogP contribution in [0.2, 0.25) is 0 Å². The highest BCUT2D eigenvalue weighted by Gasteiger charge is 2.44. The van der Waals surface area contributed by atoms with Crippen LogP contribution in [-0.2, 0) is 4.79 Å². The minimum Gasteiger partial charge on any atom is -0.382 e. The molecule has 4 N–H and O–H groups in total. The van der Waals surface area contributed by atoms with Crippen LogP contribution in [0.4, 0.5) is 8.78 Å². The fourth-order valence-corrected chi connectivity index (χ4v) is 2.55. The highest BCUT2D eigenvalue weighted by Crippen LogP contribution is 2.21. The van der Waals surface area contributed by atoms with E-state index in [1.165, 1.54) is 5.48 Å². The molecule has 0 bridgehead atoms. The van der Waals surface area contributed by atoms with Crippen molar-refractivity contribution >= 4 is 12.0 Å². The molecule has 7 heteroatoms. The van der Waals surface area contributed by atoms with E-state index >= 15 is 0 Å². The number of rotatable bonds is 8. The van der Waals surface area contributed by atoms with Gasteiger partial charge in [-0.2, -0.15) is 0 Å². The number of carbonyl (C=O) groups excluding carboxylic acids is 1. The van der Waals surface area contributed by atoms with E-state index in [0.717, 1.165) is 23.6 Å². The quantitative estimate of drug-likeness (QED) is 0.422. The molecule has 0 aliphatic carbocycles. The van der Waals surface area contributed by atoms with Crippen molar-refractivity contribution in [1.82, 2.24) is 10.8 Å². The maximum atomic E-state index is 12.9. The molecule has 0 radical (unpaired) electrons. The zero-order valence-corrected chi connectivity index (χ0v) is 14.8. The summed E-state index contributed by atoms with van der Waals surface area (Å²) >= 11 is 0. The molecule has 2 rings (SSSR count). The average Bonchev–Trinajstić information content (AvgIpc) is 2.68. The van der Waals surface area contributed by atoms with Crippen molar-refractivity contribution < 1.29 is 23.9 Å². The Bertz CT molecular complexity index is 763. The van der Waals surface area contributed by atoms with Gasteiger partial charge in [-0.3, -0.25) is 15.3 Å². The van der Waals surface area contributed by atoms with Gasteiger partial charge in [-0.15, -0.1) is 0 Å². The van der Waals surface area contributed by atoms with E-state index in [1.54, 1.807) is 12.2 Å². The minimum absolute atomic E-state index is 0.0430. The number of hydroxylamine groups is 1. The molecule has 0 spiro atoms. The van der Waals surface area contributed by atoms with E-state index in [9.17, 15) is 18.7 Å². The first kappa shape index (κ1) is 20.7. The van der Waals surface area contributed by atoms with Gasteiger partial charge in [0.2, 0.25) is 0 Å². The largest absolute Gasteiger partial charge is 0.382 e. The Hall–Kier alpha value is -2.61. The fourth-order valence-electron chi connectivity index (χ4n) is 2.55. The van der Waals surface area contributed by atoms with Gasteiger partial charge in [0.25, 0.3) is 12.3 Å². The molecule has 0 saturated heterocycles. The van der Waals surface area contributed by atoms with E-state index < -0.39 is 24.0 Å². The van der Waals surface area contributed by atoms with Gasteiger partial charge in [-0.1, -0.05) is 66.7 Å². The summed E-state index contributed by atoms with van der Waals surface area (Å²) in [7, 11) is 0. The van der Waals surface area contributed by atoms with Crippen LogP contribution in [-0.4, -0.2) is 40.8 Å². The molecule has 2 atom stereocenters. The highest BCUT2D eigenvalue weighted by molar-refractivity contribution is 5.82. The van der Waals surface area contributed by atoms with Gasteiger partial charge >= 0.3 is 0 Å². The Morgan fingerprint density at radius 3 is 2.26 bits per heavy atom. The molecule has 27 heavy (non-hydrogen) atoms. The van der Waals surface area contributed by atoms with Crippen LogP contribution in [0.15, 0.2) is 60.7 Å². The number of aliphatic hydroxyl groups is 1. The van der Waals surface area contributed by atoms with E-state index in [1.807, 2.05) is 54.6 Å². The molecule has 0 saturated carbocycles. The third-order valence-corrected chi connectivity index (χ3v) is 4.17. The summed E-state index contributed by atoms with van der Waals surface area (Å²) in [5, 5.41) is 21.0. The van der Waals surface area contributed by atoms with Crippen molar-refractivity contribution in [2.24, 2.45) is 0 Å². The first-order valence-electron chi connectivity index (χ1n) is 8.36. The van der Waals surface area contributed by atoms with E-state index in [2.05, 4.69) is 5.32 Å². The second-order valence-corrected chi connectivity index (χ2v) is 6.23. The maximum absolute atomic E-state index is 12.9. The molecule has 0 aliphatic rings. The molecular weight excluding hydrogens is 354 g/mol. The number of benzene rings is 2. The van der Waals surface area contributed by atoms with Crippen LogP contribution < -0.4 is 10.8 Å². The summed E-state index contributed by atoms with van der Waals surface area (Å²) in [6, 6.07) is 16.0. The SMILES string of the molecule is CC(O)(C(F)F)C(NC/C=C/c1ccc(-c2ccccc2)cc1)C(=O)NO. The van der Waals surface area contributed by atoms with Crippen molar-refractivity contribution in [3.05, 3.63) is 66.2 Å². The smallest absolute Gasteiger partial charge is 0.268 e. The standard InChI is InChI=1S/C20H22F2N2O3/c1-20(26,19(21)22)17(18(25)24-27)23-13-5-6-14-9-11-16(12-10-14)15-7-3-2-4-8-15/h2-12,17,19,23,26-27H,13H2,1H3,(H,24,25)/b6-5+. The molecule has 2 unspecified atom stereocenters. The van der Waals surface area contributed by atoms with E-state index in [4.69, 9.17) is 5.21 Å². The summed E-state index contributed by atoms with van der Waals surface area (Å²) in [6.07, 6.45) is 0.227. The Labute approximate surface area is 156 Å². The summed E-state index contributed by atoms with van der Waals surface area (Å²) in [5.74, 6) is -1.14. The number of hydrogen-bond donors (Lipinski definition) is 4. The van der Waals surface area contributed by atoms with E-state index in [-0.39, 0.29) is 6.54 Å². The van der Waals surface area contributed by atoms with Crippen LogP contribution in [0.25, 0.3) is 17.2 Å². The predicted molar refractivity (Wildman–Crippen MR) is 99.3 cm³/mol. The molecule has 2 aromatic rings. The zero-order valence-electron chi connectivity index (χ0n) is 14.8. The van der Waals surface area contributed by atoms with Crippen molar-refractivity contribution in [2.75, 3.05) is 6.54 Å². The van der Waals surface area contributed by atoms with Gasteiger partial charge in [-0.25, -0.2) is 14.3 Å². The van der Waals surface area contributed by atoms with Crippen molar-refractivity contribution in [2.45, 2.75) is 25.0 Å². The molecule has 5 nitrogen and oxygen atoms in total. The number of alkyl halides is 2. The van der Waals surface area contributed by atoms with Crippen molar-refractivity contribution in [3.8, 4) is 11.1 Å². The first-order valence-corrected chi connectivity index (χ1v) is 8.36. The lowest BCUT2D eigenvalue weighted by Gasteiger charge is -2.30. The molecule has 0 heterocycles. The third-order valence-electron chi connectivity index (χ3n) is 4.17. The van der Waals surface area contributed by atoms with Crippen molar-refractivity contribution in [1.29, 1.82) is 0 Å². The maximum Gasteiger partial charge on any atom is 0.268 e. The lowest BCUT2D eigenvalue weighted by atomic mass is 9.96. The van der Waals surface area contributed by atoms with Gasteiger partial charge in [0.05, 0.1) is 0 Å². The molecule has 0 aliphatic heterocycles. The lowest BCUT2D eigenvalue weighted by Crippen LogP contribution is -2.60. The third kappa shape index (κ3) is 5.43. The number of halogens is 2. The summed E-state index contributed by atoms with van der Waals surface area (Å²) < 4.78 is 25.9. The zero-order chi connectivity index (χ0) is 19.9. The molecule has 0 aromatic heterocycles. The monoisotopic (exact) mass is 376 g/mol. The summed E-state index contributed by atoms with van der Waals surface area (Å²) in [4.78, 5) is 11.6. The van der Waals surface area contributed by atoms with Gasteiger partial charge in [0, 0.05) is 6.54 Å². The van der Waals surface area contributed by atoms with Gasteiger partial charge in [-0.05, 0) is 23.6 Å². The highest BCUT2D eigenvalue weighted by atomic mass is 19.3. The predicted octanol–water partition coefficient (Wildman–Crippen LogP) is 2.85. The van der Waals surface area contributed by atoms with Crippen LogP contribution in [0.5, 0.6) is 0 Å². The Morgan fingerprint density at radius 1 is 1.11 bits per heavy atom. The Morgan fingerprint density at radius 2 is 1.70 bits per heavy atom. The number of hydrogen-bond acceptors (Lipinski definition) is 4. The van der Waals surface area contributed by atoms with Crippen LogP contribution in [0.1, 0.15) is 12.5 Å². The van der Waals surface area contributed by atoms with Crippen LogP contribution >= 0.6 is 0 Å². The number of carbonyl (C=O) groups is 1. The second-order valence-electron chi connectivity index (χ2n) is 6.23. The number of amides is 1. The Kier molecular flexibility index (Phi) is 7.18. The molecule has 144 valence electrons. The minimum atomic E-state index is -3.16. The molecular formula is C20H22F2N2O3. The second kappa shape index (κ2) is 9.36. The van der Waals surface area contributed by atoms with E-state index in [0.29, 0.717) is 0 Å². The van der Waals surface area contributed by atoms with Crippen LogP contribution in [0, 0.1) is 0 Å². The van der Waals surface area contributed by atoms with Crippen LogP contribution in [0.3, 0.4) is 0 Å². The van der Waals surface area contributed by atoms with Gasteiger partial charge < -0.3 is 5.11 Å². The molecule has 1 amide bonds. The topological polar surface area (TPSA) is 81.6 Å². The molecule has 0 fully saturated rings. The van der Waals surface area contributed by atoms with Gasteiger partial charge in [0.1, 0.15) is 11.6 Å². The van der Waals surface area contributed by atoms with Gasteiger partial charge in [0.15, 0.2) is 0 Å². The normalized spacial score (nSPS) is 14.9. The average molecular weight is 376 g/mol. The number of nitrogens with one attached hydrogen (secondary N) is 2. The van der Waals surface area contributed by atoms with Crippen molar-refractivity contribution in [3.63, 3.8) is 0 Å². The summed E-state index contributed by atoms with van der Waals surface area (Å²) in [5.41, 5.74) is 1.72. The Balaban J connectivity index is 1.98. The fraction of sp³-hybridized carbons (Fsp3) is 0.250. The molecule has 2 aromatic carbocycles. The summed E-state index contributed by atoms with van der Waals surface area (Å²) in [6.45, 7) is 0.873.